The second-order valence-electron chi connectivity index (χ2n) is 7.18. The zero-order valence-corrected chi connectivity index (χ0v) is 16.9. The molecule has 0 aliphatic heterocycles. The van der Waals surface area contributed by atoms with E-state index in [1.165, 1.54) is 11.1 Å². The predicted octanol–water partition coefficient (Wildman–Crippen LogP) is 4.84. The van der Waals surface area contributed by atoms with Gasteiger partial charge in [-0.1, -0.05) is 72.8 Å². The maximum atomic E-state index is 4.48. The zero-order chi connectivity index (χ0) is 20.4. The Labute approximate surface area is 178 Å². The number of pyridine rings is 2. The highest BCUT2D eigenvalue weighted by Crippen LogP contribution is 2.29. The molecule has 0 bridgehead atoms. The summed E-state index contributed by atoms with van der Waals surface area (Å²) in [6.07, 6.45) is 3.67. The van der Waals surface area contributed by atoms with Gasteiger partial charge in [-0.25, -0.2) is 0 Å². The maximum absolute atomic E-state index is 4.48. The Hall–Kier alpha value is -3.34. The summed E-state index contributed by atoms with van der Waals surface area (Å²) >= 11 is 0. The Morgan fingerprint density at radius 1 is 0.500 bits per heavy atom. The van der Waals surface area contributed by atoms with Gasteiger partial charge in [0, 0.05) is 25.5 Å². The molecule has 0 amide bonds. The van der Waals surface area contributed by atoms with Crippen LogP contribution < -0.4 is 10.6 Å². The van der Waals surface area contributed by atoms with Crippen molar-refractivity contribution in [3.05, 3.63) is 132 Å². The molecular weight excluding hydrogens is 368 g/mol. The smallest absolute Gasteiger partial charge is 0.0541 e. The maximum Gasteiger partial charge on any atom is 0.0541 e. The van der Waals surface area contributed by atoms with Gasteiger partial charge in [-0.15, -0.1) is 0 Å². The summed E-state index contributed by atoms with van der Waals surface area (Å²) < 4.78 is 0. The molecule has 0 aliphatic carbocycles. The second kappa shape index (κ2) is 10.4. The predicted molar refractivity (Wildman–Crippen MR) is 121 cm³/mol. The Balaban J connectivity index is 1.63. The summed E-state index contributed by atoms with van der Waals surface area (Å²) in [7, 11) is 0. The van der Waals surface area contributed by atoms with Gasteiger partial charge in [0.15, 0.2) is 0 Å². The molecule has 2 aromatic carbocycles. The number of hydrogen-bond acceptors (Lipinski definition) is 4. The monoisotopic (exact) mass is 394 g/mol. The van der Waals surface area contributed by atoms with E-state index < -0.39 is 0 Å². The number of nitrogens with one attached hydrogen (secondary N) is 2. The fourth-order valence-electron chi connectivity index (χ4n) is 3.61. The molecule has 2 unspecified atom stereocenters. The average Bonchev–Trinajstić information content (AvgIpc) is 2.83. The average molecular weight is 395 g/mol. The summed E-state index contributed by atoms with van der Waals surface area (Å²) in [5.74, 6) is 0. The van der Waals surface area contributed by atoms with E-state index in [-0.39, 0.29) is 12.1 Å². The molecule has 150 valence electrons. The molecule has 2 aromatic heterocycles. The van der Waals surface area contributed by atoms with Gasteiger partial charge in [-0.2, -0.15) is 0 Å². The van der Waals surface area contributed by atoms with Gasteiger partial charge in [0.25, 0.3) is 0 Å². The van der Waals surface area contributed by atoms with Crippen molar-refractivity contribution in [3.8, 4) is 0 Å². The Morgan fingerprint density at radius 3 is 1.27 bits per heavy atom. The van der Waals surface area contributed by atoms with Gasteiger partial charge < -0.3 is 10.6 Å². The van der Waals surface area contributed by atoms with Crippen molar-refractivity contribution < 1.29 is 0 Å². The van der Waals surface area contributed by atoms with Crippen molar-refractivity contribution in [1.29, 1.82) is 0 Å². The number of rotatable bonds is 9. The third-order valence-corrected chi connectivity index (χ3v) is 5.11. The first-order valence-electron chi connectivity index (χ1n) is 10.3. The van der Waals surface area contributed by atoms with Crippen LogP contribution >= 0.6 is 0 Å². The number of nitrogens with zero attached hydrogens (tertiary/aromatic N) is 2. The lowest BCUT2D eigenvalue weighted by atomic mass is 9.93. The Morgan fingerprint density at radius 2 is 0.900 bits per heavy atom. The summed E-state index contributed by atoms with van der Waals surface area (Å²) in [5, 5.41) is 7.48. The molecule has 4 rings (SSSR count). The Kier molecular flexibility index (Phi) is 6.94. The number of benzene rings is 2. The molecule has 0 spiro atoms. The first kappa shape index (κ1) is 20.0. The summed E-state index contributed by atoms with van der Waals surface area (Å²) in [6, 6.07) is 33.3. The lowest BCUT2D eigenvalue weighted by molar-refractivity contribution is 0.378. The van der Waals surface area contributed by atoms with Crippen LogP contribution in [0.1, 0.15) is 34.6 Å². The van der Waals surface area contributed by atoms with E-state index in [0.29, 0.717) is 13.1 Å². The minimum absolute atomic E-state index is 0.0688. The minimum atomic E-state index is 0.0688. The van der Waals surface area contributed by atoms with Crippen LogP contribution in [0.25, 0.3) is 0 Å². The van der Waals surface area contributed by atoms with Gasteiger partial charge in [-0.05, 0) is 35.4 Å². The van der Waals surface area contributed by atoms with Gasteiger partial charge in [0.05, 0.1) is 23.5 Å². The molecule has 0 aliphatic rings. The van der Waals surface area contributed by atoms with Crippen molar-refractivity contribution in [2.75, 3.05) is 0 Å². The molecule has 0 saturated heterocycles. The minimum Gasteiger partial charge on any atom is -0.303 e. The molecule has 0 saturated carbocycles. The van der Waals surface area contributed by atoms with Crippen LogP contribution in [0.15, 0.2) is 109 Å². The van der Waals surface area contributed by atoms with Crippen molar-refractivity contribution >= 4 is 0 Å². The van der Waals surface area contributed by atoms with E-state index in [4.69, 9.17) is 0 Å². The fraction of sp³-hybridized carbons (Fsp3) is 0.154. The highest BCUT2D eigenvalue weighted by Gasteiger charge is 2.24. The van der Waals surface area contributed by atoms with E-state index in [1.54, 1.807) is 0 Å². The van der Waals surface area contributed by atoms with Crippen LogP contribution in [0.2, 0.25) is 0 Å². The highest BCUT2D eigenvalue weighted by molar-refractivity contribution is 5.28. The van der Waals surface area contributed by atoms with E-state index in [0.717, 1.165) is 11.4 Å². The van der Waals surface area contributed by atoms with Crippen LogP contribution in [0.5, 0.6) is 0 Å². The largest absolute Gasteiger partial charge is 0.303 e. The third kappa shape index (κ3) is 5.38. The number of aromatic nitrogens is 2. The molecule has 4 heteroatoms. The van der Waals surface area contributed by atoms with Crippen molar-refractivity contribution in [2.45, 2.75) is 25.2 Å². The first-order chi connectivity index (χ1) is 14.9. The van der Waals surface area contributed by atoms with E-state index in [2.05, 4.69) is 81.3 Å². The zero-order valence-electron chi connectivity index (χ0n) is 16.9. The fourth-order valence-corrected chi connectivity index (χ4v) is 3.61. The third-order valence-electron chi connectivity index (χ3n) is 5.11. The lowest BCUT2D eigenvalue weighted by Crippen LogP contribution is -2.35. The molecule has 30 heavy (non-hydrogen) atoms. The molecule has 0 radical (unpaired) electrons. The van der Waals surface area contributed by atoms with Crippen LogP contribution in [0.4, 0.5) is 0 Å². The van der Waals surface area contributed by atoms with Crippen molar-refractivity contribution in [3.63, 3.8) is 0 Å². The Bertz CT molecular complexity index is 907. The van der Waals surface area contributed by atoms with E-state index in [9.17, 15) is 0 Å². The molecular formula is C26H26N4. The quantitative estimate of drug-likeness (QED) is 0.427. The normalized spacial score (nSPS) is 12.9. The topological polar surface area (TPSA) is 49.8 Å². The summed E-state index contributed by atoms with van der Waals surface area (Å²) in [4.78, 5) is 8.95. The molecule has 0 fully saturated rings. The first-order valence-corrected chi connectivity index (χ1v) is 10.3. The van der Waals surface area contributed by atoms with Crippen LogP contribution in [-0.4, -0.2) is 9.97 Å². The molecule has 2 heterocycles. The van der Waals surface area contributed by atoms with E-state index >= 15 is 0 Å². The van der Waals surface area contributed by atoms with Gasteiger partial charge in [0.1, 0.15) is 0 Å². The SMILES string of the molecule is c1ccc(C(NCc2ccccn2)C(NCc2ccccn2)c2ccccc2)cc1. The van der Waals surface area contributed by atoms with Crippen molar-refractivity contribution in [1.82, 2.24) is 20.6 Å². The highest BCUT2D eigenvalue weighted by atomic mass is 15.0. The summed E-state index contributed by atoms with van der Waals surface area (Å²) in [6.45, 7) is 1.38. The standard InChI is InChI=1S/C26H26N4/c1-3-11-21(12-4-1)25(29-19-23-15-7-9-17-27-23)26(22-13-5-2-6-14-22)30-20-24-16-8-10-18-28-24/h1-18,25-26,29-30H,19-20H2. The van der Waals surface area contributed by atoms with Gasteiger partial charge >= 0.3 is 0 Å². The van der Waals surface area contributed by atoms with Crippen LogP contribution in [0.3, 0.4) is 0 Å². The molecule has 4 nitrogen and oxygen atoms in total. The molecule has 4 aromatic rings. The second-order valence-corrected chi connectivity index (χ2v) is 7.18. The van der Waals surface area contributed by atoms with Gasteiger partial charge in [0.2, 0.25) is 0 Å². The van der Waals surface area contributed by atoms with Gasteiger partial charge in [-0.3, -0.25) is 9.97 Å². The van der Waals surface area contributed by atoms with E-state index in [1.807, 2.05) is 48.8 Å². The molecule has 2 atom stereocenters. The lowest BCUT2D eigenvalue weighted by Gasteiger charge is -2.30. The summed E-state index contributed by atoms with van der Waals surface area (Å²) in [5.41, 5.74) is 4.51. The van der Waals surface area contributed by atoms with Crippen LogP contribution in [0, 0.1) is 0 Å². The molecule has 2 N–H and O–H groups in total. The van der Waals surface area contributed by atoms with Crippen molar-refractivity contribution in [2.24, 2.45) is 0 Å². The number of hydrogen-bond donors (Lipinski definition) is 2. The van der Waals surface area contributed by atoms with Crippen LogP contribution in [-0.2, 0) is 13.1 Å².